The molecule has 0 saturated heterocycles. The van der Waals surface area contributed by atoms with Crippen molar-refractivity contribution < 1.29 is 9.53 Å². The molecule has 1 amide bonds. The third kappa shape index (κ3) is 7.02. The van der Waals surface area contributed by atoms with Crippen LogP contribution in [0.15, 0.2) is 24.3 Å². The first-order chi connectivity index (χ1) is 9.05. The van der Waals surface area contributed by atoms with Gasteiger partial charge in [0.25, 0.3) is 0 Å². The molecular formula is C16H26N2O2. The van der Waals surface area contributed by atoms with Crippen LogP contribution in [0.1, 0.15) is 41.5 Å². The van der Waals surface area contributed by atoms with Crippen LogP contribution in [0.2, 0.25) is 0 Å². The number of benzene rings is 1. The number of nitrogens with one attached hydrogen (secondary N) is 2. The maximum absolute atomic E-state index is 11.6. The fourth-order valence-corrected chi connectivity index (χ4v) is 1.46. The van der Waals surface area contributed by atoms with Gasteiger partial charge >= 0.3 is 6.09 Å². The van der Waals surface area contributed by atoms with Crippen molar-refractivity contribution in [2.24, 2.45) is 5.41 Å². The first-order valence-corrected chi connectivity index (χ1v) is 6.89. The van der Waals surface area contributed by atoms with Gasteiger partial charge in [-0.25, -0.2) is 4.79 Å². The predicted octanol–water partition coefficient (Wildman–Crippen LogP) is 4.49. The summed E-state index contributed by atoms with van der Waals surface area (Å²) in [6, 6.07) is 7.60. The zero-order valence-electron chi connectivity index (χ0n) is 13.3. The van der Waals surface area contributed by atoms with Gasteiger partial charge in [0.15, 0.2) is 0 Å². The average Bonchev–Trinajstić information content (AvgIpc) is 2.24. The Balaban J connectivity index is 2.52. The highest BCUT2D eigenvalue weighted by atomic mass is 16.6. The highest BCUT2D eigenvalue weighted by molar-refractivity contribution is 5.85. The second-order valence-electron chi connectivity index (χ2n) is 7.12. The molecule has 2 N–H and O–H groups in total. The molecule has 20 heavy (non-hydrogen) atoms. The highest BCUT2D eigenvalue weighted by Gasteiger charge is 2.16. The Hall–Kier alpha value is -1.71. The Labute approximate surface area is 121 Å². The van der Waals surface area contributed by atoms with Gasteiger partial charge in [0.2, 0.25) is 0 Å². The lowest BCUT2D eigenvalue weighted by Gasteiger charge is -2.20. The maximum atomic E-state index is 11.6. The van der Waals surface area contributed by atoms with Crippen LogP contribution in [0, 0.1) is 5.41 Å². The number of carbonyl (C=O) groups is 1. The molecule has 1 aromatic rings. The monoisotopic (exact) mass is 278 g/mol. The molecule has 0 aliphatic heterocycles. The molecule has 0 unspecified atom stereocenters. The van der Waals surface area contributed by atoms with E-state index >= 15 is 0 Å². The molecule has 0 spiro atoms. The number of amides is 1. The summed E-state index contributed by atoms with van der Waals surface area (Å²) in [5, 5.41) is 6.07. The molecule has 1 rings (SSSR count). The molecule has 0 saturated carbocycles. The summed E-state index contributed by atoms with van der Waals surface area (Å²) in [5.41, 5.74) is 1.50. The van der Waals surface area contributed by atoms with Crippen LogP contribution in [0.4, 0.5) is 16.2 Å². The number of anilines is 2. The van der Waals surface area contributed by atoms with Crippen LogP contribution in [0.3, 0.4) is 0 Å². The first kappa shape index (κ1) is 16.3. The Morgan fingerprint density at radius 2 is 1.50 bits per heavy atom. The van der Waals surface area contributed by atoms with Crippen molar-refractivity contribution in [3.8, 4) is 0 Å². The smallest absolute Gasteiger partial charge is 0.412 e. The predicted molar refractivity (Wildman–Crippen MR) is 84.2 cm³/mol. The molecule has 4 heteroatoms. The van der Waals surface area contributed by atoms with Crippen molar-refractivity contribution in [3.63, 3.8) is 0 Å². The quantitative estimate of drug-likeness (QED) is 0.856. The highest BCUT2D eigenvalue weighted by Crippen LogP contribution is 2.18. The molecule has 1 aromatic carbocycles. The van der Waals surface area contributed by atoms with Crippen molar-refractivity contribution in [1.29, 1.82) is 0 Å². The van der Waals surface area contributed by atoms with Crippen LogP contribution in [0.5, 0.6) is 0 Å². The molecule has 0 aromatic heterocycles. The van der Waals surface area contributed by atoms with E-state index in [-0.39, 0.29) is 5.41 Å². The maximum Gasteiger partial charge on any atom is 0.412 e. The van der Waals surface area contributed by atoms with Gasteiger partial charge in [-0.2, -0.15) is 0 Å². The molecule has 112 valence electrons. The van der Waals surface area contributed by atoms with E-state index < -0.39 is 11.7 Å². The summed E-state index contributed by atoms with van der Waals surface area (Å²) in [6.45, 7) is 12.9. The van der Waals surface area contributed by atoms with Crippen molar-refractivity contribution in [2.45, 2.75) is 47.1 Å². The van der Waals surface area contributed by atoms with E-state index in [1.165, 1.54) is 0 Å². The summed E-state index contributed by atoms with van der Waals surface area (Å²) in [5.74, 6) is 0. The molecule has 4 nitrogen and oxygen atoms in total. The van der Waals surface area contributed by atoms with Gasteiger partial charge in [0.05, 0.1) is 0 Å². The van der Waals surface area contributed by atoms with Crippen molar-refractivity contribution in [1.82, 2.24) is 0 Å². The molecule has 0 fully saturated rings. The van der Waals surface area contributed by atoms with Gasteiger partial charge in [-0.1, -0.05) is 20.8 Å². The van der Waals surface area contributed by atoms with Crippen LogP contribution < -0.4 is 10.6 Å². The van der Waals surface area contributed by atoms with Crippen molar-refractivity contribution >= 4 is 17.5 Å². The lowest BCUT2D eigenvalue weighted by Crippen LogP contribution is -2.27. The zero-order chi connectivity index (χ0) is 15.4. The van der Waals surface area contributed by atoms with Crippen LogP contribution in [0.25, 0.3) is 0 Å². The minimum Gasteiger partial charge on any atom is -0.444 e. The molecular weight excluding hydrogens is 252 g/mol. The number of hydrogen-bond acceptors (Lipinski definition) is 3. The number of carbonyl (C=O) groups excluding carboxylic acids is 1. The van der Waals surface area contributed by atoms with Crippen molar-refractivity contribution in [3.05, 3.63) is 24.3 Å². The van der Waals surface area contributed by atoms with E-state index in [9.17, 15) is 4.79 Å². The fraction of sp³-hybridized carbons (Fsp3) is 0.562. The van der Waals surface area contributed by atoms with Gasteiger partial charge in [-0.3, -0.25) is 5.32 Å². The standard InChI is InChI=1S/C16H26N2O2/c1-15(2,3)11-17-12-7-9-13(10-8-12)18-14(19)20-16(4,5)6/h7-10,17H,11H2,1-6H3,(H,18,19). The second-order valence-corrected chi connectivity index (χ2v) is 7.12. The Morgan fingerprint density at radius 3 is 1.95 bits per heavy atom. The van der Waals surface area contributed by atoms with Crippen LogP contribution in [-0.4, -0.2) is 18.2 Å². The van der Waals surface area contributed by atoms with E-state index in [1.54, 1.807) is 0 Å². The third-order valence-electron chi connectivity index (χ3n) is 2.35. The molecule has 0 aliphatic carbocycles. The Bertz CT molecular complexity index is 439. The number of hydrogen-bond donors (Lipinski definition) is 2. The SMILES string of the molecule is CC(C)(C)CNc1ccc(NC(=O)OC(C)(C)C)cc1. The third-order valence-corrected chi connectivity index (χ3v) is 2.35. The molecule has 0 heterocycles. The lowest BCUT2D eigenvalue weighted by atomic mass is 9.97. The van der Waals surface area contributed by atoms with Gasteiger partial charge in [-0.15, -0.1) is 0 Å². The van der Waals surface area contributed by atoms with E-state index in [2.05, 4.69) is 31.4 Å². The zero-order valence-corrected chi connectivity index (χ0v) is 13.3. The summed E-state index contributed by atoms with van der Waals surface area (Å²) < 4.78 is 5.20. The van der Waals surface area contributed by atoms with Crippen LogP contribution >= 0.6 is 0 Å². The molecule has 0 radical (unpaired) electrons. The molecule has 0 atom stereocenters. The van der Waals surface area contributed by atoms with Gasteiger partial charge in [0, 0.05) is 17.9 Å². The normalized spacial score (nSPS) is 11.9. The lowest BCUT2D eigenvalue weighted by molar-refractivity contribution is 0.0636. The Morgan fingerprint density at radius 1 is 1.00 bits per heavy atom. The van der Waals surface area contributed by atoms with Crippen LogP contribution in [-0.2, 0) is 4.74 Å². The van der Waals surface area contributed by atoms with Gasteiger partial charge in [0.1, 0.15) is 5.60 Å². The summed E-state index contributed by atoms with van der Waals surface area (Å²) in [6.07, 6.45) is -0.437. The van der Waals surface area contributed by atoms with E-state index in [1.807, 2.05) is 45.0 Å². The largest absolute Gasteiger partial charge is 0.444 e. The summed E-state index contributed by atoms with van der Waals surface area (Å²) in [4.78, 5) is 11.6. The second kappa shape index (κ2) is 6.16. The Kier molecular flexibility index (Phi) is 5.03. The van der Waals surface area contributed by atoms with Gasteiger partial charge in [-0.05, 0) is 50.5 Å². The first-order valence-electron chi connectivity index (χ1n) is 6.89. The summed E-state index contributed by atoms with van der Waals surface area (Å²) >= 11 is 0. The van der Waals surface area contributed by atoms with E-state index in [4.69, 9.17) is 4.74 Å². The van der Waals surface area contributed by atoms with E-state index in [0.29, 0.717) is 0 Å². The fourth-order valence-electron chi connectivity index (χ4n) is 1.46. The average molecular weight is 278 g/mol. The van der Waals surface area contributed by atoms with Crippen molar-refractivity contribution in [2.75, 3.05) is 17.2 Å². The topological polar surface area (TPSA) is 50.4 Å². The number of rotatable bonds is 3. The number of ether oxygens (including phenoxy) is 1. The molecule has 0 bridgehead atoms. The van der Waals surface area contributed by atoms with E-state index in [0.717, 1.165) is 17.9 Å². The molecule has 0 aliphatic rings. The van der Waals surface area contributed by atoms with Gasteiger partial charge < -0.3 is 10.1 Å². The minimum atomic E-state index is -0.488. The summed E-state index contributed by atoms with van der Waals surface area (Å²) in [7, 11) is 0. The minimum absolute atomic E-state index is 0.230.